The number of amides is 2. The van der Waals surface area contributed by atoms with Gasteiger partial charge >= 0.3 is 0 Å². The highest BCUT2D eigenvalue weighted by Crippen LogP contribution is 2.15. The number of aliphatic hydroxyl groups excluding tert-OH is 1. The highest BCUT2D eigenvalue weighted by Gasteiger charge is 2.28. The molecule has 0 aliphatic rings. The second-order valence-corrected chi connectivity index (χ2v) is 13.6. The molecule has 8 nitrogen and oxygen atoms in total. The number of halogens is 2. The van der Waals surface area contributed by atoms with Gasteiger partial charge < -0.3 is 31.1 Å². The van der Waals surface area contributed by atoms with Gasteiger partial charge in [-0.15, -0.1) is 0 Å². The molecule has 3 atom stereocenters. The van der Waals surface area contributed by atoms with E-state index in [1.807, 2.05) is 44.2 Å². The molecule has 3 unspecified atom stereocenters. The van der Waals surface area contributed by atoms with E-state index in [0.29, 0.717) is 19.7 Å². The van der Waals surface area contributed by atoms with E-state index in [0.717, 1.165) is 69.1 Å². The van der Waals surface area contributed by atoms with Crippen molar-refractivity contribution in [3.05, 3.63) is 71.3 Å². The van der Waals surface area contributed by atoms with Crippen LogP contribution in [-0.2, 0) is 27.4 Å². The lowest BCUT2D eigenvalue weighted by Crippen LogP contribution is -2.53. The Morgan fingerprint density at radius 3 is 2.17 bits per heavy atom. The molecular formula is C38H60F2N4O4. The number of carbonyl (C=O) groups is 2. The maximum absolute atomic E-state index is 14.4. The minimum absolute atomic E-state index is 0.0967. The molecule has 0 fully saturated rings. The van der Waals surface area contributed by atoms with Crippen LogP contribution in [0.2, 0.25) is 0 Å². The molecule has 0 aliphatic carbocycles. The van der Waals surface area contributed by atoms with Crippen molar-refractivity contribution in [2.75, 3.05) is 32.8 Å². The van der Waals surface area contributed by atoms with E-state index >= 15 is 0 Å². The Balaban J connectivity index is 1.89. The first-order valence-corrected chi connectivity index (χ1v) is 17.8. The number of benzene rings is 2. The molecule has 48 heavy (non-hydrogen) atoms. The first-order chi connectivity index (χ1) is 23.0. The summed E-state index contributed by atoms with van der Waals surface area (Å²) in [4.78, 5) is 26.1. The fourth-order valence-electron chi connectivity index (χ4n) is 5.33. The number of carbonyl (C=O) groups excluding carboxylic acids is 2. The molecule has 0 saturated carbocycles. The Kier molecular flexibility index (Phi) is 20.1. The number of ether oxygens (including phenoxy) is 1. The lowest BCUT2D eigenvalue weighted by Gasteiger charge is -2.28. The third-order valence-electron chi connectivity index (χ3n) is 8.37. The standard InChI is InChI=1S/C38H60F2N4O4/c1-5-7-9-14-20-41-32(23-30-22-31(39)18-19-33(30)40)24-35(45)43-27-38(3,4)28-44-37(47)36(46)34(42-21-15-10-8-6-2)26-48-25-29-16-12-11-13-17-29/h11-13,16-19,22,32,34,36,41-42,46H,5-10,14-15,20-21,23-28H2,1-4H3,(H,43,45)(H,44,47). The second-order valence-electron chi connectivity index (χ2n) is 13.6. The molecule has 0 bridgehead atoms. The van der Waals surface area contributed by atoms with Gasteiger partial charge in [-0.2, -0.15) is 0 Å². The molecule has 2 aromatic rings. The first kappa shape index (κ1) is 41.3. The van der Waals surface area contributed by atoms with Crippen molar-refractivity contribution >= 4 is 11.8 Å². The topological polar surface area (TPSA) is 112 Å². The summed E-state index contributed by atoms with van der Waals surface area (Å²) in [5, 5.41) is 23.5. The van der Waals surface area contributed by atoms with Crippen LogP contribution < -0.4 is 21.3 Å². The molecule has 0 aliphatic heterocycles. The van der Waals surface area contributed by atoms with Crippen LogP contribution >= 0.6 is 0 Å². The average Bonchev–Trinajstić information content (AvgIpc) is 3.07. The van der Waals surface area contributed by atoms with Gasteiger partial charge in [-0.05, 0) is 67.1 Å². The summed E-state index contributed by atoms with van der Waals surface area (Å²) in [5.41, 5.74) is 0.724. The van der Waals surface area contributed by atoms with Gasteiger partial charge in [-0.1, -0.05) is 96.6 Å². The van der Waals surface area contributed by atoms with Gasteiger partial charge in [0.25, 0.3) is 5.91 Å². The number of hydrogen-bond donors (Lipinski definition) is 5. The monoisotopic (exact) mass is 674 g/mol. The van der Waals surface area contributed by atoms with Crippen LogP contribution in [0.25, 0.3) is 0 Å². The maximum atomic E-state index is 14.4. The summed E-state index contributed by atoms with van der Waals surface area (Å²) in [6.07, 6.45) is 7.45. The first-order valence-electron chi connectivity index (χ1n) is 17.8. The van der Waals surface area contributed by atoms with Crippen LogP contribution in [-0.4, -0.2) is 67.9 Å². The Hall–Kier alpha value is -2.92. The van der Waals surface area contributed by atoms with Crippen molar-refractivity contribution in [1.29, 1.82) is 0 Å². The predicted molar refractivity (Wildman–Crippen MR) is 188 cm³/mol. The van der Waals surface area contributed by atoms with Crippen molar-refractivity contribution in [3.8, 4) is 0 Å². The molecule has 5 N–H and O–H groups in total. The molecule has 2 aromatic carbocycles. The summed E-state index contributed by atoms with van der Waals surface area (Å²) < 4.78 is 34.1. The largest absolute Gasteiger partial charge is 0.382 e. The third-order valence-corrected chi connectivity index (χ3v) is 8.37. The molecule has 10 heteroatoms. The van der Waals surface area contributed by atoms with E-state index < -0.39 is 35.1 Å². The third kappa shape index (κ3) is 17.5. The van der Waals surface area contributed by atoms with Crippen LogP contribution in [0.4, 0.5) is 8.78 Å². The van der Waals surface area contributed by atoms with Crippen LogP contribution in [0, 0.1) is 17.0 Å². The molecule has 2 amide bonds. The normalized spacial score (nSPS) is 13.6. The number of unbranched alkanes of at least 4 members (excludes halogenated alkanes) is 6. The second kappa shape index (κ2) is 23.4. The minimum Gasteiger partial charge on any atom is -0.382 e. The van der Waals surface area contributed by atoms with E-state index in [1.165, 1.54) is 6.07 Å². The lowest BCUT2D eigenvalue weighted by atomic mass is 9.93. The molecule has 0 aromatic heterocycles. The summed E-state index contributed by atoms with van der Waals surface area (Å²) in [6.45, 7) is 10.5. The van der Waals surface area contributed by atoms with Gasteiger partial charge in [-0.25, -0.2) is 8.78 Å². The smallest absolute Gasteiger partial charge is 0.250 e. The zero-order chi connectivity index (χ0) is 35.2. The number of hydrogen-bond acceptors (Lipinski definition) is 6. The zero-order valence-corrected chi connectivity index (χ0v) is 29.6. The van der Waals surface area contributed by atoms with E-state index in [9.17, 15) is 23.5 Å². The van der Waals surface area contributed by atoms with Crippen LogP contribution in [0.1, 0.15) is 96.6 Å². The van der Waals surface area contributed by atoms with E-state index in [4.69, 9.17) is 4.74 Å². The van der Waals surface area contributed by atoms with Gasteiger partial charge in [0.1, 0.15) is 17.7 Å². The van der Waals surface area contributed by atoms with E-state index in [-0.39, 0.29) is 50.1 Å². The highest BCUT2D eigenvalue weighted by molar-refractivity contribution is 5.81. The quantitative estimate of drug-likeness (QED) is 0.0806. The molecule has 0 radical (unpaired) electrons. The Morgan fingerprint density at radius 1 is 0.854 bits per heavy atom. The Morgan fingerprint density at radius 2 is 1.50 bits per heavy atom. The fraction of sp³-hybridized carbons (Fsp3) is 0.632. The highest BCUT2D eigenvalue weighted by atomic mass is 19.1. The van der Waals surface area contributed by atoms with E-state index in [1.54, 1.807) is 0 Å². The number of nitrogens with one attached hydrogen (secondary N) is 4. The number of rotatable bonds is 26. The van der Waals surface area contributed by atoms with Crippen molar-refractivity contribution in [3.63, 3.8) is 0 Å². The number of aliphatic hydroxyl groups is 1. The summed E-state index contributed by atoms with van der Waals surface area (Å²) in [7, 11) is 0. The Labute approximate surface area is 287 Å². The molecule has 0 saturated heterocycles. The van der Waals surface area contributed by atoms with Crippen molar-refractivity contribution in [2.24, 2.45) is 5.41 Å². The van der Waals surface area contributed by atoms with Gasteiger partial charge in [0, 0.05) is 25.6 Å². The van der Waals surface area contributed by atoms with Crippen LogP contribution in [0.3, 0.4) is 0 Å². The maximum Gasteiger partial charge on any atom is 0.250 e. The summed E-state index contributed by atoms with van der Waals surface area (Å²) >= 11 is 0. The molecule has 270 valence electrons. The molecular weight excluding hydrogens is 614 g/mol. The van der Waals surface area contributed by atoms with Crippen molar-refractivity contribution < 1.29 is 28.2 Å². The predicted octanol–water partition coefficient (Wildman–Crippen LogP) is 5.81. The Bertz CT molecular complexity index is 1180. The van der Waals surface area contributed by atoms with Crippen molar-refractivity contribution in [2.45, 2.75) is 117 Å². The van der Waals surface area contributed by atoms with Gasteiger partial charge in [0.15, 0.2) is 0 Å². The molecule has 0 heterocycles. The molecule has 2 rings (SSSR count). The van der Waals surface area contributed by atoms with Crippen molar-refractivity contribution in [1.82, 2.24) is 21.3 Å². The lowest BCUT2D eigenvalue weighted by molar-refractivity contribution is -0.132. The van der Waals surface area contributed by atoms with Crippen LogP contribution in [0.5, 0.6) is 0 Å². The zero-order valence-electron chi connectivity index (χ0n) is 29.6. The summed E-state index contributed by atoms with van der Waals surface area (Å²) in [5.74, 6) is -1.74. The fourth-order valence-corrected chi connectivity index (χ4v) is 5.33. The van der Waals surface area contributed by atoms with Gasteiger partial charge in [0.05, 0.1) is 19.3 Å². The summed E-state index contributed by atoms with van der Waals surface area (Å²) in [6, 6.07) is 12.2. The SMILES string of the molecule is CCCCCCNC(CC(=O)NCC(C)(C)CNC(=O)C(O)C(COCc1ccccc1)NCCCCCC)Cc1cc(F)ccc1F. The molecule has 0 spiro atoms. The van der Waals surface area contributed by atoms with Crippen LogP contribution in [0.15, 0.2) is 48.5 Å². The van der Waals surface area contributed by atoms with Gasteiger partial charge in [0.2, 0.25) is 5.91 Å². The van der Waals surface area contributed by atoms with Gasteiger partial charge in [-0.3, -0.25) is 9.59 Å². The van der Waals surface area contributed by atoms with E-state index in [2.05, 4.69) is 35.1 Å². The minimum atomic E-state index is -1.32. The average molecular weight is 675 g/mol.